The number of hydrogen-bond acceptors (Lipinski definition) is 3. The Morgan fingerprint density at radius 2 is 1.88 bits per heavy atom. The fourth-order valence-corrected chi connectivity index (χ4v) is 2.63. The normalized spacial score (nSPS) is 10.5. The summed E-state index contributed by atoms with van der Waals surface area (Å²) < 4.78 is 34.2. The summed E-state index contributed by atoms with van der Waals surface area (Å²) in [5.41, 5.74) is 4.15. The minimum atomic E-state index is -2.88. The second-order valence-corrected chi connectivity index (χ2v) is 6.22. The van der Waals surface area contributed by atoms with Gasteiger partial charge in [0.05, 0.1) is 7.11 Å². The van der Waals surface area contributed by atoms with Gasteiger partial charge in [-0.25, -0.2) is 0 Å². The minimum Gasteiger partial charge on any atom is -0.493 e. The molecule has 7 heteroatoms. The Morgan fingerprint density at radius 1 is 1.12 bits per heavy atom. The largest absolute Gasteiger partial charge is 0.493 e. The SMILES string of the molecule is COc1cc(CCNC(=S)Nc2cc(C)ccc2C)ccc1OC(F)F. The highest BCUT2D eigenvalue weighted by atomic mass is 32.1. The molecule has 0 spiro atoms. The molecule has 26 heavy (non-hydrogen) atoms. The third-order valence-corrected chi connectivity index (χ3v) is 4.03. The number of anilines is 1. The Labute approximate surface area is 157 Å². The molecule has 4 nitrogen and oxygen atoms in total. The summed E-state index contributed by atoms with van der Waals surface area (Å²) in [5.74, 6) is 0.296. The number of alkyl halides is 2. The maximum absolute atomic E-state index is 12.4. The Morgan fingerprint density at radius 3 is 2.58 bits per heavy atom. The molecule has 2 aromatic rings. The highest BCUT2D eigenvalue weighted by Crippen LogP contribution is 2.29. The molecule has 0 aromatic heterocycles. The van der Waals surface area contributed by atoms with Crippen molar-refractivity contribution in [3.63, 3.8) is 0 Å². The fourth-order valence-electron chi connectivity index (χ4n) is 2.42. The number of ether oxygens (including phenoxy) is 2. The summed E-state index contributed by atoms with van der Waals surface area (Å²) in [7, 11) is 1.42. The van der Waals surface area contributed by atoms with E-state index in [0.717, 1.165) is 22.4 Å². The van der Waals surface area contributed by atoms with Gasteiger partial charge in [0, 0.05) is 12.2 Å². The molecule has 0 fully saturated rings. The van der Waals surface area contributed by atoms with E-state index in [0.29, 0.717) is 18.1 Å². The predicted octanol–water partition coefficient (Wildman–Crippen LogP) is 4.44. The van der Waals surface area contributed by atoms with Gasteiger partial charge in [-0.1, -0.05) is 18.2 Å². The molecule has 0 saturated heterocycles. The zero-order chi connectivity index (χ0) is 19.1. The number of aryl methyl sites for hydroxylation is 2. The molecule has 0 saturated carbocycles. The van der Waals surface area contributed by atoms with Crippen LogP contribution in [0.25, 0.3) is 0 Å². The lowest BCUT2D eigenvalue weighted by Crippen LogP contribution is -2.30. The monoisotopic (exact) mass is 380 g/mol. The standard InChI is InChI=1S/C19H22F2N2O2S/c1-12-4-5-13(2)15(10-12)23-19(26)22-9-8-14-6-7-16(25-18(20)21)17(11-14)24-3/h4-7,10-11,18H,8-9H2,1-3H3,(H2,22,23,26). The first-order valence-electron chi connectivity index (χ1n) is 8.13. The van der Waals surface area contributed by atoms with Crippen molar-refractivity contribution < 1.29 is 18.3 Å². The van der Waals surface area contributed by atoms with Crippen molar-refractivity contribution in [2.75, 3.05) is 19.0 Å². The van der Waals surface area contributed by atoms with Crippen LogP contribution in [0, 0.1) is 13.8 Å². The zero-order valence-corrected chi connectivity index (χ0v) is 15.8. The van der Waals surface area contributed by atoms with Gasteiger partial charge >= 0.3 is 6.61 Å². The van der Waals surface area contributed by atoms with Crippen LogP contribution in [0.1, 0.15) is 16.7 Å². The third kappa shape index (κ3) is 5.84. The van der Waals surface area contributed by atoms with Crippen LogP contribution in [0.2, 0.25) is 0 Å². The van der Waals surface area contributed by atoms with E-state index in [9.17, 15) is 8.78 Å². The van der Waals surface area contributed by atoms with E-state index in [4.69, 9.17) is 17.0 Å². The number of methoxy groups -OCH3 is 1. The number of thiocarbonyl (C=S) groups is 1. The lowest BCUT2D eigenvalue weighted by molar-refractivity contribution is -0.0512. The van der Waals surface area contributed by atoms with Gasteiger partial charge in [0.25, 0.3) is 0 Å². The van der Waals surface area contributed by atoms with Gasteiger partial charge in [-0.15, -0.1) is 0 Å². The zero-order valence-electron chi connectivity index (χ0n) is 14.9. The van der Waals surface area contributed by atoms with E-state index in [-0.39, 0.29) is 11.5 Å². The van der Waals surface area contributed by atoms with Crippen LogP contribution in [0.3, 0.4) is 0 Å². The van der Waals surface area contributed by atoms with Crippen LogP contribution in [0.4, 0.5) is 14.5 Å². The molecular formula is C19H22F2N2O2S. The molecule has 140 valence electrons. The third-order valence-electron chi connectivity index (χ3n) is 3.78. The van der Waals surface area contributed by atoms with Gasteiger partial charge in [-0.2, -0.15) is 8.78 Å². The van der Waals surface area contributed by atoms with Crippen molar-refractivity contribution in [2.24, 2.45) is 0 Å². The van der Waals surface area contributed by atoms with Crippen molar-refractivity contribution in [3.8, 4) is 11.5 Å². The number of rotatable bonds is 7. The second-order valence-electron chi connectivity index (χ2n) is 5.81. The highest BCUT2D eigenvalue weighted by molar-refractivity contribution is 7.80. The molecule has 0 aliphatic rings. The van der Waals surface area contributed by atoms with Crippen LogP contribution in [0.15, 0.2) is 36.4 Å². The molecule has 2 rings (SSSR count). The lowest BCUT2D eigenvalue weighted by Gasteiger charge is -2.14. The average Bonchev–Trinajstić information content (AvgIpc) is 2.59. The number of hydrogen-bond donors (Lipinski definition) is 2. The lowest BCUT2D eigenvalue weighted by atomic mass is 10.1. The molecular weight excluding hydrogens is 358 g/mol. The van der Waals surface area contributed by atoms with Gasteiger partial charge in [0.2, 0.25) is 0 Å². The van der Waals surface area contributed by atoms with Crippen molar-refractivity contribution in [2.45, 2.75) is 26.9 Å². The van der Waals surface area contributed by atoms with Gasteiger partial charge < -0.3 is 20.1 Å². The van der Waals surface area contributed by atoms with Crippen LogP contribution in [0.5, 0.6) is 11.5 Å². The van der Waals surface area contributed by atoms with Crippen molar-refractivity contribution in [1.82, 2.24) is 5.32 Å². The van der Waals surface area contributed by atoms with E-state index in [1.165, 1.54) is 13.2 Å². The summed E-state index contributed by atoms with van der Waals surface area (Å²) in [4.78, 5) is 0. The van der Waals surface area contributed by atoms with E-state index in [1.54, 1.807) is 12.1 Å². The van der Waals surface area contributed by atoms with Crippen molar-refractivity contribution in [1.29, 1.82) is 0 Å². The van der Waals surface area contributed by atoms with Gasteiger partial charge in [-0.05, 0) is 67.4 Å². The van der Waals surface area contributed by atoms with Gasteiger partial charge in [0.15, 0.2) is 16.6 Å². The maximum Gasteiger partial charge on any atom is 0.387 e. The Balaban J connectivity index is 1.88. The first-order valence-corrected chi connectivity index (χ1v) is 8.53. The first-order chi connectivity index (χ1) is 12.4. The topological polar surface area (TPSA) is 42.5 Å². The number of benzene rings is 2. The molecule has 0 atom stereocenters. The van der Waals surface area contributed by atoms with E-state index in [2.05, 4.69) is 15.4 Å². The Bertz CT molecular complexity index is 769. The van der Waals surface area contributed by atoms with Crippen molar-refractivity contribution >= 4 is 23.0 Å². The summed E-state index contributed by atoms with van der Waals surface area (Å²) in [6, 6.07) is 11.0. The summed E-state index contributed by atoms with van der Waals surface area (Å²) >= 11 is 5.32. The summed E-state index contributed by atoms with van der Waals surface area (Å²) in [5, 5.41) is 6.85. The summed E-state index contributed by atoms with van der Waals surface area (Å²) in [6.45, 7) is 1.75. The molecule has 2 aromatic carbocycles. The maximum atomic E-state index is 12.4. The van der Waals surface area contributed by atoms with Crippen LogP contribution in [-0.2, 0) is 6.42 Å². The van der Waals surface area contributed by atoms with Crippen LogP contribution in [-0.4, -0.2) is 25.4 Å². The second kappa shape index (κ2) is 9.33. The van der Waals surface area contributed by atoms with E-state index >= 15 is 0 Å². The highest BCUT2D eigenvalue weighted by Gasteiger charge is 2.11. The predicted molar refractivity (Wildman–Crippen MR) is 103 cm³/mol. The fraction of sp³-hybridized carbons (Fsp3) is 0.316. The quantitative estimate of drug-likeness (QED) is 0.695. The average molecular weight is 380 g/mol. The molecule has 2 N–H and O–H groups in total. The number of nitrogens with one attached hydrogen (secondary N) is 2. The van der Waals surface area contributed by atoms with Gasteiger partial charge in [0.1, 0.15) is 0 Å². The van der Waals surface area contributed by atoms with Crippen LogP contribution >= 0.6 is 12.2 Å². The van der Waals surface area contributed by atoms with Crippen molar-refractivity contribution in [3.05, 3.63) is 53.1 Å². The van der Waals surface area contributed by atoms with Crippen LogP contribution < -0.4 is 20.1 Å². The van der Waals surface area contributed by atoms with E-state index < -0.39 is 6.61 Å². The van der Waals surface area contributed by atoms with E-state index in [1.807, 2.05) is 32.0 Å². The smallest absolute Gasteiger partial charge is 0.387 e. The molecule has 0 amide bonds. The minimum absolute atomic E-state index is 0.0197. The first kappa shape index (κ1) is 19.9. The molecule has 0 aliphatic heterocycles. The molecule has 0 unspecified atom stereocenters. The number of halogens is 2. The Kier molecular flexibility index (Phi) is 7.15. The molecule has 0 aliphatic carbocycles. The summed E-state index contributed by atoms with van der Waals surface area (Å²) in [6.07, 6.45) is 0.653. The Hall–Kier alpha value is -2.41. The molecule has 0 radical (unpaired) electrons. The molecule has 0 heterocycles. The molecule has 0 bridgehead atoms. The van der Waals surface area contributed by atoms with Gasteiger partial charge in [-0.3, -0.25) is 0 Å².